The number of aromatic nitrogens is 2. The molecular weight excluding hydrogens is 334 g/mol. The van der Waals surface area contributed by atoms with Gasteiger partial charge in [-0.25, -0.2) is 4.98 Å². The minimum atomic E-state index is -0.715. The van der Waals surface area contributed by atoms with Crippen molar-refractivity contribution < 1.29 is 5.11 Å². The molecule has 0 radical (unpaired) electrons. The van der Waals surface area contributed by atoms with Crippen LogP contribution in [0.4, 0.5) is 0 Å². The van der Waals surface area contributed by atoms with Crippen molar-refractivity contribution in [3.05, 3.63) is 64.9 Å². The molecule has 25 heavy (non-hydrogen) atoms. The second-order valence-corrected chi connectivity index (χ2v) is 7.28. The smallest absolute Gasteiger partial charge is 0.129 e. The van der Waals surface area contributed by atoms with Gasteiger partial charge >= 0.3 is 0 Å². The van der Waals surface area contributed by atoms with E-state index in [4.69, 9.17) is 16.6 Å². The molecule has 130 valence electrons. The number of nitrogens with zero attached hydrogens (tertiary/aromatic N) is 2. The summed E-state index contributed by atoms with van der Waals surface area (Å²) in [5, 5.41) is 15.2. The Kier molecular flexibility index (Phi) is 4.50. The van der Waals surface area contributed by atoms with Gasteiger partial charge < -0.3 is 15.0 Å². The Bertz CT molecular complexity index is 888. The van der Waals surface area contributed by atoms with Crippen molar-refractivity contribution >= 4 is 22.6 Å². The van der Waals surface area contributed by atoms with E-state index < -0.39 is 6.10 Å². The lowest BCUT2D eigenvalue weighted by atomic mass is 10.0. The van der Waals surface area contributed by atoms with Crippen LogP contribution in [-0.2, 0) is 7.05 Å². The molecule has 1 saturated carbocycles. The molecule has 2 aromatic carbocycles. The summed E-state index contributed by atoms with van der Waals surface area (Å²) < 4.78 is 2.06. The summed E-state index contributed by atoms with van der Waals surface area (Å²) in [5.41, 5.74) is 2.80. The average Bonchev–Trinajstić information content (AvgIpc) is 3.39. The van der Waals surface area contributed by atoms with Gasteiger partial charge in [-0.15, -0.1) is 0 Å². The number of para-hydroxylation sites is 2. The third-order valence-electron chi connectivity index (χ3n) is 4.93. The Morgan fingerprint density at radius 1 is 1.24 bits per heavy atom. The molecule has 4 rings (SSSR count). The number of aryl methyl sites for hydroxylation is 1. The van der Waals surface area contributed by atoms with E-state index in [-0.39, 0.29) is 6.04 Å². The average molecular weight is 356 g/mol. The first-order valence-corrected chi connectivity index (χ1v) is 9.09. The standard InChI is InChI=1S/C20H22ClN3O/c1-24-17-8-3-2-7-16(17)23-20(24)18(22-12-13-9-10-13)19(25)14-5-4-6-15(21)11-14/h2-8,11,13,18-19,22,25H,9-10,12H2,1H3/t18-,19+/m0/s1. The van der Waals surface area contributed by atoms with Crippen LogP contribution in [0, 0.1) is 5.92 Å². The number of imidazole rings is 1. The second-order valence-electron chi connectivity index (χ2n) is 6.85. The summed E-state index contributed by atoms with van der Waals surface area (Å²) in [6.45, 7) is 0.894. The molecule has 2 atom stereocenters. The van der Waals surface area contributed by atoms with E-state index in [0.717, 1.165) is 29.0 Å². The Balaban J connectivity index is 1.72. The van der Waals surface area contributed by atoms with Crippen LogP contribution in [0.15, 0.2) is 48.5 Å². The van der Waals surface area contributed by atoms with Gasteiger partial charge in [0.15, 0.2) is 0 Å². The lowest BCUT2D eigenvalue weighted by molar-refractivity contribution is 0.122. The van der Waals surface area contributed by atoms with Crippen LogP contribution in [0.2, 0.25) is 5.02 Å². The first-order chi connectivity index (χ1) is 12.1. The first kappa shape index (κ1) is 16.6. The van der Waals surface area contributed by atoms with Gasteiger partial charge in [0.2, 0.25) is 0 Å². The van der Waals surface area contributed by atoms with Gasteiger partial charge in [0.1, 0.15) is 11.9 Å². The topological polar surface area (TPSA) is 50.1 Å². The molecule has 0 saturated heterocycles. The molecule has 4 nitrogen and oxygen atoms in total. The third kappa shape index (κ3) is 3.43. The molecule has 0 spiro atoms. The normalized spacial score (nSPS) is 16.9. The number of benzene rings is 2. The lowest BCUT2D eigenvalue weighted by Gasteiger charge is -2.24. The number of rotatable bonds is 6. The van der Waals surface area contributed by atoms with Crippen LogP contribution < -0.4 is 5.32 Å². The van der Waals surface area contributed by atoms with Gasteiger partial charge in [0.05, 0.1) is 17.1 Å². The summed E-state index contributed by atoms with van der Waals surface area (Å²) >= 11 is 6.12. The molecule has 0 aliphatic heterocycles. The summed E-state index contributed by atoms with van der Waals surface area (Å²) in [4.78, 5) is 4.79. The summed E-state index contributed by atoms with van der Waals surface area (Å²) in [5.74, 6) is 1.55. The molecule has 5 heteroatoms. The van der Waals surface area contributed by atoms with Crippen LogP contribution >= 0.6 is 11.6 Å². The fraction of sp³-hybridized carbons (Fsp3) is 0.350. The predicted molar refractivity (Wildman–Crippen MR) is 101 cm³/mol. The van der Waals surface area contributed by atoms with E-state index in [0.29, 0.717) is 10.9 Å². The Morgan fingerprint density at radius 3 is 2.76 bits per heavy atom. The van der Waals surface area contributed by atoms with E-state index >= 15 is 0 Å². The number of fused-ring (bicyclic) bond motifs is 1. The third-order valence-corrected chi connectivity index (χ3v) is 5.16. The van der Waals surface area contributed by atoms with Gasteiger partial charge in [-0.1, -0.05) is 35.9 Å². The fourth-order valence-corrected chi connectivity index (χ4v) is 3.48. The van der Waals surface area contributed by atoms with Gasteiger partial charge in [-0.3, -0.25) is 0 Å². The molecule has 1 heterocycles. The van der Waals surface area contributed by atoms with Gasteiger partial charge in [0, 0.05) is 12.1 Å². The van der Waals surface area contributed by atoms with Crippen molar-refractivity contribution in [2.75, 3.05) is 6.54 Å². The number of halogens is 1. The number of hydrogen-bond acceptors (Lipinski definition) is 3. The molecular formula is C20H22ClN3O. The second kappa shape index (κ2) is 6.79. The van der Waals surface area contributed by atoms with Crippen molar-refractivity contribution in [1.29, 1.82) is 0 Å². The van der Waals surface area contributed by atoms with Crippen LogP contribution in [-0.4, -0.2) is 21.2 Å². The van der Waals surface area contributed by atoms with E-state index in [1.165, 1.54) is 12.8 Å². The molecule has 0 bridgehead atoms. The monoisotopic (exact) mass is 355 g/mol. The van der Waals surface area contributed by atoms with Crippen molar-refractivity contribution in [1.82, 2.24) is 14.9 Å². The Morgan fingerprint density at radius 2 is 2.04 bits per heavy atom. The maximum absolute atomic E-state index is 11.1. The van der Waals surface area contributed by atoms with Gasteiger partial charge in [-0.05, 0) is 55.1 Å². The van der Waals surface area contributed by atoms with Crippen LogP contribution in [0.1, 0.15) is 36.4 Å². The number of nitrogens with one attached hydrogen (secondary N) is 1. The zero-order valence-corrected chi connectivity index (χ0v) is 14.9. The van der Waals surface area contributed by atoms with Gasteiger partial charge in [0.25, 0.3) is 0 Å². The van der Waals surface area contributed by atoms with E-state index in [2.05, 4.69) is 16.0 Å². The number of hydrogen-bond donors (Lipinski definition) is 2. The molecule has 1 aromatic heterocycles. The highest BCUT2D eigenvalue weighted by atomic mass is 35.5. The quantitative estimate of drug-likeness (QED) is 0.702. The minimum Gasteiger partial charge on any atom is -0.386 e. The highest BCUT2D eigenvalue weighted by Gasteiger charge is 2.30. The fourth-order valence-electron chi connectivity index (χ4n) is 3.29. The summed E-state index contributed by atoms with van der Waals surface area (Å²) in [6, 6.07) is 15.2. The predicted octanol–water partition coefficient (Wildman–Crippen LogP) is 4.00. The van der Waals surface area contributed by atoms with Crippen molar-refractivity contribution in [2.45, 2.75) is 25.0 Å². The number of aliphatic hydroxyl groups excluding tert-OH is 1. The van der Waals surface area contributed by atoms with Gasteiger partial charge in [-0.2, -0.15) is 0 Å². The highest BCUT2D eigenvalue weighted by molar-refractivity contribution is 6.30. The zero-order chi connectivity index (χ0) is 17.4. The largest absolute Gasteiger partial charge is 0.386 e. The lowest BCUT2D eigenvalue weighted by Crippen LogP contribution is -2.31. The molecule has 2 N–H and O–H groups in total. The first-order valence-electron chi connectivity index (χ1n) is 8.72. The summed E-state index contributed by atoms with van der Waals surface area (Å²) in [7, 11) is 2.00. The maximum atomic E-state index is 11.1. The minimum absolute atomic E-state index is 0.281. The SMILES string of the molecule is Cn1c([C@@H](NCC2CC2)[C@H](O)c2cccc(Cl)c2)nc2ccccc21. The van der Waals surface area contributed by atoms with E-state index in [1.807, 2.05) is 49.5 Å². The van der Waals surface area contributed by atoms with E-state index in [1.54, 1.807) is 0 Å². The van der Waals surface area contributed by atoms with Crippen LogP contribution in [0.5, 0.6) is 0 Å². The number of aliphatic hydroxyl groups is 1. The summed E-state index contributed by atoms with van der Waals surface area (Å²) in [6.07, 6.45) is 1.80. The van der Waals surface area contributed by atoms with E-state index in [9.17, 15) is 5.11 Å². The molecule has 1 aliphatic carbocycles. The Labute approximate surface area is 152 Å². The van der Waals surface area contributed by atoms with Crippen LogP contribution in [0.3, 0.4) is 0 Å². The van der Waals surface area contributed by atoms with Crippen molar-refractivity contribution in [2.24, 2.45) is 13.0 Å². The molecule has 0 amide bonds. The van der Waals surface area contributed by atoms with Crippen molar-refractivity contribution in [3.8, 4) is 0 Å². The Hall–Kier alpha value is -1.88. The molecule has 1 aliphatic rings. The van der Waals surface area contributed by atoms with Crippen LogP contribution in [0.25, 0.3) is 11.0 Å². The maximum Gasteiger partial charge on any atom is 0.129 e. The molecule has 1 fully saturated rings. The highest BCUT2D eigenvalue weighted by Crippen LogP contribution is 2.33. The zero-order valence-electron chi connectivity index (χ0n) is 14.2. The van der Waals surface area contributed by atoms with Crippen molar-refractivity contribution in [3.63, 3.8) is 0 Å². The molecule has 3 aromatic rings. The molecule has 0 unspecified atom stereocenters.